The minimum absolute atomic E-state index is 0. The van der Waals surface area contributed by atoms with Crippen LogP contribution in [-0.4, -0.2) is 6.21 Å². The van der Waals surface area contributed by atoms with Gasteiger partial charge in [0, 0.05) is 5.92 Å². The van der Waals surface area contributed by atoms with Crippen LogP contribution in [0.4, 0.5) is 0 Å². The second-order valence-corrected chi connectivity index (χ2v) is 1.44. The van der Waals surface area contributed by atoms with Gasteiger partial charge in [-0.3, -0.25) is 5.41 Å². The van der Waals surface area contributed by atoms with E-state index in [2.05, 4.69) is 0 Å². The lowest BCUT2D eigenvalue weighted by Gasteiger charge is -1.77. The summed E-state index contributed by atoms with van der Waals surface area (Å²) < 4.78 is 0. The van der Waals surface area contributed by atoms with E-state index in [4.69, 9.17) is 5.41 Å². The molecule has 0 aromatic carbocycles. The van der Waals surface area contributed by atoms with E-state index in [0.717, 1.165) is 0 Å². The molecule has 6 heavy (non-hydrogen) atoms. The van der Waals surface area contributed by atoms with E-state index in [0.29, 0.717) is 5.92 Å². The van der Waals surface area contributed by atoms with E-state index in [1.165, 1.54) is 0 Å². The van der Waals surface area contributed by atoms with Crippen LogP contribution in [-0.2, 0) is 0 Å². The largest absolute Gasteiger partial charge is 1.00 e. The highest BCUT2D eigenvalue weighted by atomic mass is 35.5. The Kier molecular flexibility index (Phi) is 7.73. The number of hydrogen-bond acceptors (Lipinski definition) is 0. The van der Waals surface area contributed by atoms with Crippen molar-refractivity contribution in [1.29, 1.82) is 0 Å². The number of rotatable bonds is 1. The molecule has 0 radical (unpaired) electrons. The maximum absolute atomic E-state index is 5.05. The number of hydrogen-bond donors (Lipinski definition) is 1. The Balaban J connectivity index is 0. The molecule has 2 N–H and O–H groups in total. The summed E-state index contributed by atoms with van der Waals surface area (Å²) in [5, 5.41) is 5.05. The molecule has 38 valence electrons. The van der Waals surface area contributed by atoms with Crippen molar-refractivity contribution in [1.82, 2.24) is 0 Å². The van der Waals surface area contributed by atoms with Gasteiger partial charge in [-0.05, 0) is 0 Å². The molecule has 0 saturated heterocycles. The van der Waals surface area contributed by atoms with Crippen LogP contribution in [0.25, 0.3) is 0 Å². The van der Waals surface area contributed by atoms with Gasteiger partial charge in [0.1, 0.15) is 6.21 Å². The molecule has 0 aromatic heterocycles. The van der Waals surface area contributed by atoms with E-state index >= 15 is 0 Å². The Morgan fingerprint density at radius 2 is 1.67 bits per heavy atom. The first kappa shape index (κ1) is 9.35. The van der Waals surface area contributed by atoms with Crippen LogP contribution in [0.3, 0.4) is 0 Å². The van der Waals surface area contributed by atoms with E-state index in [9.17, 15) is 0 Å². The molecular weight excluding hydrogens is 97.5 g/mol. The van der Waals surface area contributed by atoms with Gasteiger partial charge >= 0.3 is 0 Å². The van der Waals surface area contributed by atoms with Crippen molar-refractivity contribution in [2.75, 3.05) is 0 Å². The van der Waals surface area contributed by atoms with Crippen LogP contribution in [0.5, 0.6) is 0 Å². The summed E-state index contributed by atoms with van der Waals surface area (Å²) >= 11 is 0. The minimum atomic E-state index is 0. The van der Waals surface area contributed by atoms with Gasteiger partial charge in [-0.2, -0.15) is 0 Å². The lowest BCUT2D eigenvalue weighted by atomic mass is 10.3. The van der Waals surface area contributed by atoms with Crippen LogP contribution in [0.1, 0.15) is 13.8 Å². The highest BCUT2D eigenvalue weighted by molar-refractivity contribution is 5.51. The Hall–Kier alpha value is -0.0400. The van der Waals surface area contributed by atoms with Crippen molar-refractivity contribution in [2.45, 2.75) is 13.8 Å². The normalized spacial score (nSPS) is 7.17. The molecule has 0 fully saturated rings. The van der Waals surface area contributed by atoms with Gasteiger partial charge in [0.15, 0.2) is 0 Å². The van der Waals surface area contributed by atoms with Crippen LogP contribution >= 0.6 is 0 Å². The Bertz CT molecular complexity index is 34.5. The number of nitrogens with two attached hydrogens (primary N) is 1. The third-order valence-corrected chi connectivity index (χ3v) is 0.385. The molecule has 0 amide bonds. The Morgan fingerprint density at radius 1 is 1.50 bits per heavy atom. The Morgan fingerprint density at radius 3 is 1.67 bits per heavy atom. The first-order valence-corrected chi connectivity index (χ1v) is 1.82. The van der Waals surface area contributed by atoms with Gasteiger partial charge in [0.25, 0.3) is 0 Å². The smallest absolute Gasteiger partial charge is 0.138 e. The zero-order valence-electron chi connectivity index (χ0n) is 4.11. The van der Waals surface area contributed by atoms with Gasteiger partial charge < -0.3 is 12.4 Å². The molecular formula is C4H10ClN. The first-order valence-electron chi connectivity index (χ1n) is 1.82. The summed E-state index contributed by atoms with van der Waals surface area (Å²) in [6.45, 7) is 4.08. The van der Waals surface area contributed by atoms with Gasteiger partial charge in [-0.25, -0.2) is 0 Å². The molecule has 0 aromatic rings. The lowest BCUT2D eigenvalue weighted by molar-refractivity contribution is -0.110. The minimum Gasteiger partial charge on any atom is -1.00 e. The Labute approximate surface area is 44.7 Å². The summed E-state index contributed by atoms with van der Waals surface area (Å²) in [4.78, 5) is 0. The second kappa shape index (κ2) is 4.96. The zero-order valence-corrected chi connectivity index (χ0v) is 4.87. The summed E-state index contributed by atoms with van der Waals surface area (Å²) in [5.74, 6) is 0.537. The average molecular weight is 108 g/mol. The van der Waals surface area contributed by atoms with E-state index in [-0.39, 0.29) is 12.4 Å². The van der Waals surface area contributed by atoms with Crippen LogP contribution in [0.2, 0.25) is 0 Å². The predicted molar refractivity (Wildman–Crippen MR) is 22.8 cm³/mol. The standard InChI is InChI=1S/C4H9N.ClH/c1-4(2)3-5;/h3-5H,1-2H3;1H. The molecule has 0 atom stereocenters. The SMILES string of the molecule is CC(C)C=[NH2+].[Cl-]. The van der Waals surface area contributed by atoms with Crippen molar-refractivity contribution >= 4 is 6.21 Å². The lowest BCUT2D eigenvalue weighted by Crippen LogP contribution is -3.00. The van der Waals surface area contributed by atoms with Gasteiger partial charge in [0.2, 0.25) is 0 Å². The van der Waals surface area contributed by atoms with Crippen molar-refractivity contribution < 1.29 is 17.8 Å². The molecule has 0 saturated carbocycles. The molecule has 0 heterocycles. The molecule has 1 nitrogen and oxygen atoms in total. The first-order chi connectivity index (χ1) is 2.27. The van der Waals surface area contributed by atoms with Crippen molar-refractivity contribution in [3.8, 4) is 0 Å². The highest BCUT2D eigenvalue weighted by Gasteiger charge is 1.81. The molecule has 0 aliphatic heterocycles. The third-order valence-electron chi connectivity index (χ3n) is 0.385. The molecule has 0 aliphatic rings. The molecule has 0 rings (SSSR count). The average Bonchev–Trinajstić information content (AvgIpc) is 1.38. The fourth-order valence-electron chi connectivity index (χ4n) is 0. The molecule has 0 aliphatic carbocycles. The van der Waals surface area contributed by atoms with Crippen LogP contribution in [0.15, 0.2) is 0 Å². The van der Waals surface area contributed by atoms with E-state index < -0.39 is 0 Å². The zero-order chi connectivity index (χ0) is 4.28. The fraction of sp³-hybridized carbons (Fsp3) is 0.750. The molecule has 0 spiro atoms. The summed E-state index contributed by atoms with van der Waals surface area (Å²) in [6.07, 6.45) is 1.67. The number of halogens is 1. The van der Waals surface area contributed by atoms with Gasteiger partial charge in [-0.15, -0.1) is 0 Å². The monoisotopic (exact) mass is 107 g/mol. The topological polar surface area (TPSA) is 25.6 Å². The third kappa shape index (κ3) is 9.03. The highest BCUT2D eigenvalue weighted by Crippen LogP contribution is 1.76. The fourth-order valence-corrected chi connectivity index (χ4v) is 0. The van der Waals surface area contributed by atoms with E-state index in [1.807, 2.05) is 13.8 Å². The summed E-state index contributed by atoms with van der Waals surface area (Å²) in [7, 11) is 0. The van der Waals surface area contributed by atoms with E-state index in [1.54, 1.807) is 6.21 Å². The predicted octanol–water partition coefficient (Wildman–Crippen LogP) is -3.52. The second-order valence-electron chi connectivity index (χ2n) is 1.44. The van der Waals surface area contributed by atoms with Gasteiger partial charge in [0.05, 0.1) is 0 Å². The molecule has 2 heteroatoms. The molecule has 0 unspecified atom stereocenters. The van der Waals surface area contributed by atoms with Crippen molar-refractivity contribution in [3.63, 3.8) is 0 Å². The summed E-state index contributed by atoms with van der Waals surface area (Å²) in [6, 6.07) is 0. The van der Waals surface area contributed by atoms with Crippen LogP contribution < -0.4 is 17.8 Å². The van der Waals surface area contributed by atoms with Crippen LogP contribution in [0, 0.1) is 5.92 Å². The van der Waals surface area contributed by atoms with Crippen molar-refractivity contribution in [3.05, 3.63) is 0 Å². The maximum atomic E-state index is 5.05. The van der Waals surface area contributed by atoms with Crippen molar-refractivity contribution in [2.24, 2.45) is 5.92 Å². The summed E-state index contributed by atoms with van der Waals surface area (Å²) in [5.41, 5.74) is 0. The quantitative estimate of drug-likeness (QED) is 0.336. The van der Waals surface area contributed by atoms with Gasteiger partial charge in [-0.1, -0.05) is 13.8 Å². The molecule has 0 bridgehead atoms. The maximum Gasteiger partial charge on any atom is 0.138 e.